The van der Waals surface area contributed by atoms with E-state index in [1.807, 2.05) is 30.2 Å². The standard InChI is InChI=1S/C18H25FN4O/c1-22(2)17(13-10-21-23(3)12-13)11-20-16-5-4-8-24-18-9-14(19)6-7-15(16)18/h6-7,9-10,12,16-17,20H,4-5,8,11H2,1-3H3/t16-,17+/m1/s1. The van der Waals surface area contributed by atoms with E-state index in [4.69, 9.17) is 4.74 Å². The van der Waals surface area contributed by atoms with E-state index in [1.54, 1.807) is 0 Å². The number of benzene rings is 1. The van der Waals surface area contributed by atoms with Crippen molar-refractivity contribution in [3.8, 4) is 5.75 Å². The highest BCUT2D eigenvalue weighted by Gasteiger charge is 2.23. The second-order valence-electron chi connectivity index (χ2n) is 6.56. The molecule has 0 saturated heterocycles. The van der Waals surface area contributed by atoms with Gasteiger partial charge in [0.2, 0.25) is 0 Å². The van der Waals surface area contributed by atoms with Gasteiger partial charge in [-0.15, -0.1) is 0 Å². The number of likely N-dealkylation sites (N-methyl/N-ethyl adjacent to an activating group) is 1. The van der Waals surface area contributed by atoms with E-state index in [-0.39, 0.29) is 17.9 Å². The van der Waals surface area contributed by atoms with Crippen molar-refractivity contribution in [1.82, 2.24) is 20.0 Å². The molecule has 1 aliphatic heterocycles. The third-order valence-corrected chi connectivity index (χ3v) is 4.54. The molecule has 24 heavy (non-hydrogen) atoms. The molecule has 6 heteroatoms. The van der Waals surface area contributed by atoms with E-state index in [2.05, 4.69) is 29.4 Å². The Morgan fingerprint density at radius 1 is 1.46 bits per heavy atom. The highest BCUT2D eigenvalue weighted by molar-refractivity contribution is 5.37. The SMILES string of the molecule is CN(C)[C@@H](CN[C@@H]1CCCOc2cc(F)ccc21)c1cnn(C)c1. The molecule has 0 fully saturated rings. The number of ether oxygens (including phenoxy) is 1. The van der Waals surface area contributed by atoms with E-state index in [0.29, 0.717) is 12.4 Å². The molecule has 3 rings (SSSR count). The minimum Gasteiger partial charge on any atom is -0.493 e. The molecule has 1 aromatic carbocycles. The van der Waals surface area contributed by atoms with Gasteiger partial charge in [-0.2, -0.15) is 5.10 Å². The van der Waals surface area contributed by atoms with Gasteiger partial charge in [-0.1, -0.05) is 6.07 Å². The maximum absolute atomic E-state index is 13.5. The fourth-order valence-corrected chi connectivity index (χ4v) is 3.22. The van der Waals surface area contributed by atoms with Crippen molar-refractivity contribution in [2.45, 2.75) is 24.9 Å². The molecular weight excluding hydrogens is 307 g/mol. The molecule has 0 unspecified atom stereocenters. The van der Waals surface area contributed by atoms with Gasteiger partial charge in [-0.3, -0.25) is 4.68 Å². The molecule has 0 amide bonds. The topological polar surface area (TPSA) is 42.3 Å². The molecule has 1 aliphatic rings. The largest absolute Gasteiger partial charge is 0.493 e. The van der Waals surface area contributed by atoms with Gasteiger partial charge in [-0.05, 0) is 33.0 Å². The zero-order valence-electron chi connectivity index (χ0n) is 14.5. The zero-order valence-corrected chi connectivity index (χ0v) is 14.5. The number of hydrogen-bond donors (Lipinski definition) is 1. The van der Waals surface area contributed by atoms with Gasteiger partial charge >= 0.3 is 0 Å². The summed E-state index contributed by atoms with van der Waals surface area (Å²) in [5, 5.41) is 7.92. The number of aromatic nitrogens is 2. The number of halogens is 1. The number of fused-ring (bicyclic) bond motifs is 1. The fraction of sp³-hybridized carbons (Fsp3) is 0.500. The fourth-order valence-electron chi connectivity index (χ4n) is 3.22. The quantitative estimate of drug-likeness (QED) is 0.914. The van der Waals surface area contributed by atoms with Crippen molar-refractivity contribution in [2.75, 3.05) is 27.2 Å². The maximum atomic E-state index is 13.5. The first kappa shape index (κ1) is 16.9. The third kappa shape index (κ3) is 3.76. The Kier molecular flexibility index (Phi) is 5.16. The lowest BCUT2D eigenvalue weighted by Gasteiger charge is -2.27. The first-order valence-corrected chi connectivity index (χ1v) is 8.35. The third-order valence-electron chi connectivity index (χ3n) is 4.54. The Labute approximate surface area is 142 Å². The summed E-state index contributed by atoms with van der Waals surface area (Å²) in [5.74, 6) is 0.406. The van der Waals surface area contributed by atoms with Crippen molar-refractivity contribution >= 4 is 0 Å². The summed E-state index contributed by atoms with van der Waals surface area (Å²) >= 11 is 0. The van der Waals surface area contributed by atoms with Crippen molar-refractivity contribution in [3.63, 3.8) is 0 Å². The second kappa shape index (κ2) is 7.32. The predicted molar refractivity (Wildman–Crippen MR) is 91.5 cm³/mol. The molecule has 2 aromatic rings. The number of nitrogens with zero attached hydrogens (tertiary/aromatic N) is 3. The molecule has 0 radical (unpaired) electrons. The molecule has 2 heterocycles. The molecule has 0 bridgehead atoms. The van der Waals surface area contributed by atoms with Crippen molar-refractivity contribution < 1.29 is 9.13 Å². The van der Waals surface area contributed by atoms with Crippen LogP contribution in [0.25, 0.3) is 0 Å². The second-order valence-corrected chi connectivity index (χ2v) is 6.56. The number of aryl methyl sites for hydroxylation is 1. The van der Waals surface area contributed by atoms with Gasteiger partial charge in [0, 0.05) is 49.1 Å². The van der Waals surface area contributed by atoms with Gasteiger partial charge in [0.15, 0.2) is 0 Å². The smallest absolute Gasteiger partial charge is 0.126 e. The summed E-state index contributed by atoms with van der Waals surface area (Å²) in [6.07, 6.45) is 5.89. The van der Waals surface area contributed by atoms with Crippen LogP contribution in [0.5, 0.6) is 5.75 Å². The van der Waals surface area contributed by atoms with E-state index in [0.717, 1.165) is 24.9 Å². The van der Waals surface area contributed by atoms with Crippen molar-refractivity contribution in [2.24, 2.45) is 7.05 Å². The number of rotatable bonds is 5. The van der Waals surface area contributed by atoms with Gasteiger partial charge < -0.3 is 15.0 Å². The molecule has 0 saturated carbocycles. The minimum absolute atomic E-state index is 0.169. The summed E-state index contributed by atoms with van der Waals surface area (Å²) < 4.78 is 21.0. The Hall–Kier alpha value is -1.92. The van der Waals surface area contributed by atoms with Gasteiger partial charge in [0.05, 0.1) is 12.8 Å². The first-order chi connectivity index (χ1) is 11.5. The van der Waals surface area contributed by atoms with Crippen molar-refractivity contribution in [1.29, 1.82) is 0 Å². The minimum atomic E-state index is -0.254. The summed E-state index contributed by atoms with van der Waals surface area (Å²) in [6.45, 7) is 1.43. The summed E-state index contributed by atoms with van der Waals surface area (Å²) in [7, 11) is 6.06. The van der Waals surface area contributed by atoms with Crippen LogP contribution in [-0.4, -0.2) is 41.9 Å². The Morgan fingerprint density at radius 3 is 3.00 bits per heavy atom. The Morgan fingerprint density at radius 2 is 2.29 bits per heavy atom. The van der Waals surface area contributed by atoms with E-state index >= 15 is 0 Å². The van der Waals surface area contributed by atoms with Crippen LogP contribution in [-0.2, 0) is 7.05 Å². The van der Waals surface area contributed by atoms with Crippen LogP contribution in [0, 0.1) is 5.82 Å². The number of hydrogen-bond acceptors (Lipinski definition) is 4. The monoisotopic (exact) mass is 332 g/mol. The number of nitrogens with one attached hydrogen (secondary N) is 1. The molecule has 1 N–H and O–H groups in total. The van der Waals surface area contributed by atoms with Crippen LogP contribution in [0.2, 0.25) is 0 Å². The summed E-state index contributed by atoms with van der Waals surface area (Å²) in [4.78, 5) is 2.18. The van der Waals surface area contributed by atoms with Crippen LogP contribution >= 0.6 is 0 Å². The van der Waals surface area contributed by atoms with Gasteiger partial charge in [-0.25, -0.2) is 4.39 Å². The van der Waals surface area contributed by atoms with Crippen LogP contribution in [0.3, 0.4) is 0 Å². The predicted octanol–water partition coefficient (Wildman–Crippen LogP) is 2.67. The molecular formula is C18H25FN4O. The van der Waals surface area contributed by atoms with Crippen LogP contribution < -0.4 is 10.1 Å². The molecule has 5 nitrogen and oxygen atoms in total. The molecule has 1 aromatic heterocycles. The average Bonchev–Trinajstić information content (AvgIpc) is 2.85. The summed E-state index contributed by atoms with van der Waals surface area (Å²) in [6, 6.07) is 5.23. The lowest BCUT2D eigenvalue weighted by atomic mass is 10.0. The highest BCUT2D eigenvalue weighted by Crippen LogP contribution is 2.32. The highest BCUT2D eigenvalue weighted by atomic mass is 19.1. The molecule has 0 spiro atoms. The van der Waals surface area contributed by atoms with E-state index in [1.165, 1.54) is 17.7 Å². The first-order valence-electron chi connectivity index (χ1n) is 8.35. The van der Waals surface area contributed by atoms with Crippen LogP contribution in [0.1, 0.15) is 36.1 Å². The molecule has 0 aliphatic carbocycles. The zero-order chi connectivity index (χ0) is 17.1. The van der Waals surface area contributed by atoms with Crippen molar-refractivity contribution in [3.05, 3.63) is 47.5 Å². The van der Waals surface area contributed by atoms with E-state index in [9.17, 15) is 4.39 Å². The van der Waals surface area contributed by atoms with E-state index < -0.39 is 0 Å². The van der Waals surface area contributed by atoms with Crippen LogP contribution in [0.15, 0.2) is 30.6 Å². The Balaban J connectivity index is 1.75. The average molecular weight is 332 g/mol. The summed E-state index contributed by atoms with van der Waals surface area (Å²) in [5.41, 5.74) is 2.22. The van der Waals surface area contributed by atoms with Crippen LogP contribution in [0.4, 0.5) is 4.39 Å². The van der Waals surface area contributed by atoms with Gasteiger partial charge in [0.1, 0.15) is 11.6 Å². The molecule has 130 valence electrons. The lowest BCUT2D eigenvalue weighted by molar-refractivity contribution is 0.276. The van der Waals surface area contributed by atoms with Gasteiger partial charge in [0.25, 0.3) is 0 Å². The normalized spacial score (nSPS) is 18.8. The lowest BCUT2D eigenvalue weighted by Crippen LogP contribution is -2.33. The Bertz CT molecular complexity index is 685. The maximum Gasteiger partial charge on any atom is 0.126 e. The molecule has 2 atom stereocenters.